The maximum atomic E-state index is 12.4. The molecule has 1 aliphatic carbocycles. The first-order valence-corrected chi connectivity index (χ1v) is 9.02. The Hall–Kier alpha value is -2.17. The molecule has 0 N–H and O–H groups in total. The van der Waals surface area contributed by atoms with Gasteiger partial charge in [0, 0.05) is 6.54 Å². The fraction of sp³-hybridized carbons (Fsp3) is 0.550. The number of hydrogen-bond acceptors (Lipinski definition) is 4. The van der Waals surface area contributed by atoms with Gasteiger partial charge in [-0.05, 0) is 56.4 Å². The second-order valence-electron chi connectivity index (χ2n) is 7.25. The van der Waals surface area contributed by atoms with Crippen LogP contribution in [0.25, 0.3) is 0 Å². The largest absolute Gasteiger partial charge is 0.426 e. The topological polar surface area (TPSA) is 63.7 Å². The quantitative estimate of drug-likeness (QED) is 0.479. The van der Waals surface area contributed by atoms with Gasteiger partial charge in [-0.2, -0.15) is 0 Å². The number of carbonyl (C=O) groups is 3. The minimum Gasteiger partial charge on any atom is -0.426 e. The average molecular weight is 343 g/mol. The molecule has 1 aromatic carbocycles. The Bertz CT molecular complexity index is 701. The summed E-state index contributed by atoms with van der Waals surface area (Å²) in [5.41, 5.74) is 3.02. The summed E-state index contributed by atoms with van der Waals surface area (Å²) in [5, 5.41) is 0. The lowest BCUT2D eigenvalue weighted by Crippen LogP contribution is -2.33. The second-order valence-corrected chi connectivity index (χ2v) is 7.25. The minimum atomic E-state index is -0.413. The van der Waals surface area contributed by atoms with Gasteiger partial charge in [-0.25, -0.2) is 0 Å². The number of esters is 1. The zero-order valence-electron chi connectivity index (χ0n) is 15.1. The van der Waals surface area contributed by atoms with Gasteiger partial charge >= 0.3 is 5.97 Å². The van der Waals surface area contributed by atoms with E-state index in [4.69, 9.17) is 4.74 Å². The highest BCUT2D eigenvalue weighted by molar-refractivity contribution is 6.05. The van der Waals surface area contributed by atoms with Crippen LogP contribution in [0.15, 0.2) is 12.1 Å². The number of ether oxygens (including phenoxy) is 1. The van der Waals surface area contributed by atoms with E-state index in [1.54, 1.807) is 0 Å². The van der Waals surface area contributed by atoms with Crippen molar-refractivity contribution in [2.45, 2.75) is 52.9 Å². The van der Waals surface area contributed by atoms with Crippen LogP contribution in [0, 0.1) is 32.6 Å². The Morgan fingerprint density at radius 3 is 2.28 bits per heavy atom. The number of rotatable bonds is 4. The summed E-state index contributed by atoms with van der Waals surface area (Å²) < 4.78 is 5.47. The molecule has 1 saturated carbocycles. The van der Waals surface area contributed by atoms with E-state index in [9.17, 15) is 14.4 Å². The summed E-state index contributed by atoms with van der Waals surface area (Å²) in [7, 11) is 0. The molecule has 3 rings (SSSR count). The number of hydrogen-bond donors (Lipinski definition) is 0. The Morgan fingerprint density at radius 2 is 1.68 bits per heavy atom. The Morgan fingerprint density at radius 1 is 1.08 bits per heavy atom. The molecule has 1 saturated heterocycles. The predicted octanol–water partition coefficient (Wildman–Crippen LogP) is 3.08. The molecule has 1 heterocycles. The van der Waals surface area contributed by atoms with Gasteiger partial charge in [-0.15, -0.1) is 0 Å². The fourth-order valence-corrected chi connectivity index (χ4v) is 3.93. The van der Waals surface area contributed by atoms with Crippen LogP contribution < -0.4 is 4.74 Å². The number of fused-ring (bicyclic) bond motifs is 1. The lowest BCUT2D eigenvalue weighted by atomic mass is 9.81. The van der Waals surface area contributed by atoms with Crippen LogP contribution >= 0.6 is 0 Å². The van der Waals surface area contributed by atoms with E-state index < -0.39 is 5.97 Å². The lowest BCUT2D eigenvalue weighted by molar-refractivity contribution is -0.141. The summed E-state index contributed by atoms with van der Waals surface area (Å²) in [6, 6.07) is 3.87. The Labute approximate surface area is 148 Å². The summed E-state index contributed by atoms with van der Waals surface area (Å²) in [6.45, 7) is 5.96. The van der Waals surface area contributed by atoms with E-state index in [0.29, 0.717) is 5.75 Å². The number of aryl methyl sites for hydroxylation is 2. The molecule has 5 heteroatoms. The molecular weight excluding hydrogens is 318 g/mol. The summed E-state index contributed by atoms with van der Waals surface area (Å²) >= 11 is 0. The first-order valence-electron chi connectivity index (χ1n) is 9.02. The molecule has 2 aliphatic rings. The number of amides is 2. The molecule has 1 aromatic rings. The molecule has 0 bridgehead atoms. The average Bonchev–Trinajstić information content (AvgIpc) is 2.82. The molecule has 2 fully saturated rings. The van der Waals surface area contributed by atoms with Crippen molar-refractivity contribution in [2.75, 3.05) is 6.54 Å². The Kier molecular flexibility index (Phi) is 4.93. The summed E-state index contributed by atoms with van der Waals surface area (Å²) in [6.07, 6.45) is 3.61. The third-order valence-electron chi connectivity index (χ3n) is 5.46. The number of benzene rings is 1. The zero-order valence-corrected chi connectivity index (χ0v) is 15.1. The number of nitrogens with zero attached hydrogens (tertiary/aromatic N) is 1. The summed E-state index contributed by atoms with van der Waals surface area (Å²) in [5.74, 6) is -0.410. The summed E-state index contributed by atoms with van der Waals surface area (Å²) in [4.78, 5) is 38.3. The van der Waals surface area contributed by atoms with Gasteiger partial charge < -0.3 is 4.74 Å². The molecule has 2 amide bonds. The highest BCUT2D eigenvalue weighted by atomic mass is 16.5. The SMILES string of the molecule is Cc1cc(C)c(C)c(OC(=O)CCN2C(=O)[C@H]3CCCC[C@H]3C2=O)c1. The highest BCUT2D eigenvalue weighted by Crippen LogP contribution is 2.38. The van der Waals surface area contributed by atoms with Crippen LogP contribution in [0.2, 0.25) is 0 Å². The first kappa shape index (κ1) is 17.6. The van der Waals surface area contributed by atoms with Gasteiger partial charge in [0.05, 0.1) is 18.3 Å². The van der Waals surface area contributed by atoms with Crippen LogP contribution in [0.3, 0.4) is 0 Å². The van der Waals surface area contributed by atoms with Crippen molar-refractivity contribution in [3.63, 3.8) is 0 Å². The standard InChI is InChI=1S/C20H25NO4/c1-12-10-13(2)14(3)17(11-12)25-18(22)8-9-21-19(23)15-6-4-5-7-16(15)20(21)24/h10-11,15-16H,4-9H2,1-3H3/t15-,16+. The van der Waals surface area contributed by atoms with Crippen LogP contribution in [0.5, 0.6) is 5.75 Å². The maximum absolute atomic E-state index is 12.4. The van der Waals surface area contributed by atoms with Crippen molar-refractivity contribution < 1.29 is 19.1 Å². The molecule has 5 nitrogen and oxygen atoms in total. The van der Waals surface area contributed by atoms with Crippen molar-refractivity contribution in [1.82, 2.24) is 4.90 Å². The molecule has 25 heavy (non-hydrogen) atoms. The van der Waals surface area contributed by atoms with Gasteiger partial charge in [0.15, 0.2) is 0 Å². The first-order chi connectivity index (χ1) is 11.9. The molecule has 0 radical (unpaired) electrons. The highest BCUT2D eigenvalue weighted by Gasteiger charge is 2.47. The van der Waals surface area contributed by atoms with E-state index >= 15 is 0 Å². The molecule has 134 valence electrons. The molecule has 0 spiro atoms. The van der Waals surface area contributed by atoms with E-state index in [0.717, 1.165) is 42.4 Å². The van der Waals surface area contributed by atoms with E-state index in [-0.39, 0.29) is 36.6 Å². The normalized spacial score (nSPS) is 22.9. The zero-order chi connectivity index (χ0) is 18.1. The van der Waals surface area contributed by atoms with E-state index in [2.05, 4.69) is 0 Å². The second kappa shape index (κ2) is 6.98. The van der Waals surface area contributed by atoms with Gasteiger partial charge in [-0.1, -0.05) is 18.9 Å². The van der Waals surface area contributed by atoms with Crippen LogP contribution in [0.4, 0.5) is 0 Å². The lowest BCUT2D eigenvalue weighted by Gasteiger charge is -2.19. The van der Waals surface area contributed by atoms with Crippen molar-refractivity contribution in [3.05, 3.63) is 28.8 Å². The molecule has 0 unspecified atom stereocenters. The fourth-order valence-electron chi connectivity index (χ4n) is 3.93. The van der Waals surface area contributed by atoms with Crippen molar-refractivity contribution in [3.8, 4) is 5.75 Å². The van der Waals surface area contributed by atoms with Crippen molar-refractivity contribution >= 4 is 17.8 Å². The Balaban J connectivity index is 1.61. The van der Waals surface area contributed by atoms with Crippen molar-refractivity contribution in [2.24, 2.45) is 11.8 Å². The number of carbonyl (C=O) groups excluding carboxylic acids is 3. The maximum Gasteiger partial charge on any atom is 0.313 e. The smallest absolute Gasteiger partial charge is 0.313 e. The van der Waals surface area contributed by atoms with Crippen molar-refractivity contribution in [1.29, 1.82) is 0 Å². The third-order valence-corrected chi connectivity index (χ3v) is 5.46. The monoisotopic (exact) mass is 343 g/mol. The van der Waals surface area contributed by atoms with Gasteiger partial charge in [0.2, 0.25) is 11.8 Å². The molecule has 2 atom stereocenters. The van der Waals surface area contributed by atoms with Crippen LogP contribution in [-0.2, 0) is 14.4 Å². The van der Waals surface area contributed by atoms with Gasteiger partial charge in [-0.3, -0.25) is 19.3 Å². The van der Waals surface area contributed by atoms with Crippen LogP contribution in [0.1, 0.15) is 48.8 Å². The number of imide groups is 1. The predicted molar refractivity (Wildman–Crippen MR) is 93.1 cm³/mol. The number of likely N-dealkylation sites (tertiary alicyclic amines) is 1. The molecule has 1 aliphatic heterocycles. The third kappa shape index (κ3) is 3.46. The van der Waals surface area contributed by atoms with E-state index in [1.807, 2.05) is 32.9 Å². The van der Waals surface area contributed by atoms with Crippen LogP contribution in [-0.4, -0.2) is 29.2 Å². The minimum absolute atomic E-state index is 0.0311. The van der Waals surface area contributed by atoms with Gasteiger partial charge in [0.25, 0.3) is 0 Å². The molecular formula is C20H25NO4. The van der Waals surface area contributed by atoms with E-state index in [1.165, 1.54) is 4.90 Å². The van der Waals surface area contributed by atoms with Gasteiger partial charge in [0.1, 0.15) is 5.75 Å². The molecule has 0 aromatic heterocycles.